The molecule has 24 heavy (non-hydrogen) atoms. The molecule has 8 heteroatoms. The van der Waals surface area contributed by atoms with Crippen LogP contribution in [0.2, 0.25) is 0 Å². The van der Waals surface area contributed by atoms with Crippen LogP contribution in [0.3, 0.4) is 0 Å². The Labute approximate surface area is 143 Å². The molecule has 3 aromatic heterocycles. The maximum atomic E-state index is 14.1. The molecule has 0 bridgehead atoms. The summed E-state index contributed by atoms with van der Waals surface area (Å²) < 4.78 is 15.9. The van der Waals surface area contributed by atoms with Crippen molar-refractivity contribution in [2.75, 3.05) is 18.0 Å². The van der Waals surface area contributed by atoms with E-state index in [0.717, 1.165) is 38.0 Å². The topological polar surface area (TPSA) is 59.7 Å². The molecule has 1 fully saturated rings. The largest absolute Gasteiger partial charge is 0.340 e. The van der Waals surface area contributed by atoms with Crippen LogP contribution in [0, 0.1) is 11.7 Å². The molecule has 0 N–H and O–H groups in total. The minimum Gasteiger partial charge on any atom is -0.340 e. The van der Waals surface area contributed by atoms with E-state index in [-0.39, 0.29) is 5.82 Å². The molecule has 0 saturated carbocycles. The lowest BCUT2D eigenvalue weighted by Crippen LogP contribution is -2.38. The highest BCUT2D eigenvalue weighted by Gasteiger charge is 2.23. The van der Waals surface area contributed by atoms with Crippen LogP contribution in [0.15, 0.2) is 35.7 Å². The fourth-order valence-corrected chi connectivity index (χ4v) is 3.74. The Morgan fingerprint density at radius 3 is 3.12 bits per heavy atom. The van der Waals surface area contributed by atoms with Gasteiger partial charge >= 0.3 is 0 Å². The van der Waals surface area contributed by atoms with Gasteiger partial charge in [0.05, 0.1) is 6.20 Å². The van der Waals surface area contributed by atoms with Gasteiger partial charge in [-0.15, -0.1) is 0 Å². The van der Waals surface area contributed by atoms with Crippen molar-refractivity contribution in [3.8, 4) is 11.3 Å². The second kappa shape index (κ2) is 6.64. The minimum absolute atomic E-state index is 0.375. The maximum Gasteiger partial charge on any atom is 0.226 e. The van der Waals surface area contributed by atoms with Gasteiger partial charge in [-0.05, 0) is 30.2 Å². The Balaban J connectivity index is 1.53. The molecule has 0 aromatic carbocycles. The lowest BCUT2D eigenvalue weighted by molar-refractivity contribution is 0.349. The summed E-state index contributed by atoms with van der Waals surface area (Å²) in [7, 11) is 0. The van der Waals surface area contributed by atoms with Crippen LogP contribution in [0.5, 0.6) is 0 Å². The zero-order valence-electron chi connectivity index (χ0n) is 13.0. The molecule has 0 spiro atoms. The molecule has 4 rings (SSSR count). The first-order valence-electron chi connectivity index (χ1n) is 7.92. The van der Waals surface area contributed by atoms with Gasteiger partial charge in [-0.2, -0.15) is 16.4 Å². The molecular formula is C16H17FN6S. The summed E-state index contributed by atoms with van der Waals surface area (Å²) in [5.41, 5.74) is 1.18. The number of thiophene rings is 1. The summed E-state index contributed by atoms with van der Waals surface area (Å²) in [6.07, 6.45) is 6.76. The number of nitrogens with zero attached hydrogens (tertiary/aromatic N) is 6. The molecule has 1 aliphatic rings. The van der Waals surface area contributed by atoms with Gasteiger partial charge in [0.2, 0.25) is 5.95 Å². The molecule has 4 heterocycles. The Morgan fingerprint density at radius 1 is 1.38 bits per heavy atom. The van der Waals surface area contributed by atoms with Crippen LogP contribution >= 0.6 is 11.3 Å². The number of aromatic nitrogens is 5. The van der Waals surface area contributed by atoms with E-state index in [2.05, 4.69) is 25.0 Å². The van der Waals surface area contributed by atoms with Gasteiger partial charge in [0.25, 0.3) is 0 Å². The number of halogens is 1. The van der Waals surface area contributed by atoms with Crippen LogP contribution < -0.4 is 4.90 Å². The van der Waals surface area contributed by atoms with Crippen molar-refractivity contribution in [1.29, 1.82) is 0 Å². The van der Waals surface area contributed by atoms with E-state index in [0.29, 0.717) is 17.6 Å². The summed E-state index contributed by atoms with van der Waals surface area (Å²) in [5.74, 6) is 0.674. The van der Waals surface area contributed by atoms with Gasteiger partial charge in [-0.3, -0.25) is 4.68 Å². The number of hydrogen-bond acceptors (Lipinski definition) is 6. The van der Waals surface area contributed by atoms with Gasteiger partial charge in [0.1, 0.15) is 18.3 Å². The van der Waals surface area contributed by atoms with E-state index in [1.54, 1.807) is 12.7 Å². The summed E-state index contributed by atoms with van der Waals surface area (Å²) in [4.78, 5) is 14.8. The highest BCUT2D eigenvalue weighted by atomic mass is 32.1. The number of anilines is 1. The molecular weight excluding hydrogens is 327 g/mol. The number of hydrogen-bond donors (Lipinski definition) is 0. The van der Waals surface area contributed by atoms with Gasteiger partial charge in [-0.25, -0.2) is 19.3 Å². The normalized spacial score (nSPS) is 18.0. The van der Waals surface area contributed by atoms with Gasteiger partial charge in [-0.1, -0.05) is 0 Å². The standard InChI is InChI=1S/C16H17FN6S/c17-14-6-19-16(21-15(14)13-3-5-24-9-13)22-4-1-2-12(7-22)8-23-11-18-10-20-23/h3,5-6,9-12H,1-2,4,7-8H2. The fourth-order valence-electron chi connectivity index (χ4n) is 3.10. The quantitative estimate of drug-likeness (QED) is 0.728. The second-order valence-electron chi connectivity index (χ2n) is 5.95. The molecule has 1 unspecified atom stereocenters. The molecule has 0 aliphatic carbocycles. The summed E-state index contributed by atoms with van der Waals surface area (Å²) >= 11 is 1.53. The zero-order chi connectivity index (χ0) is 16.4. The molecule has 0 amide bonds. The second-order valence-corrected chi connectivity index (χ2v) is 6.73. The van der Waals surface area contributed by atoms with E-state index >= 15 is 0 Å². The molecule has 1 saturated heterocycles. The van der Waals surface area contributed by atoms with Gasteiger partial charge < -0.3 is 4.90 Å². The summed E-state index contributed by atoms with van der Waals surface area (Å²) in [5, 5.41) is 8.00. The van der Waals surface area contributed by atoms with E-state index in [1.165, 1.54) is 17.5 Å². The van der Waals surface area contributed by atoms with Crippen LogP contribution in [0.4, 0.5) is 10.3 Å². The smallest absolute Gasteiger partial charge is 0.226 e. The molecule has 1 aliphatic heterocycles. The molecule has 1 atom stereocenters. The minimum atomic E-state index is -0.381. The average Bonchev–Trinajstić information content (AvgIpc) is 3.29. The van der Waals surface area contributed by atoms with Gasteiger partial charge in [0.15, 0.2) is 5.82 Å². The van der Waals surface area contributed by atoms with Crippen molar-refractivity contribution in [2.45, 2.75) is 19.4 Å². The molecule has 6 nitrogen and oxygen atoms in total. The molecule has 124 valence electrons. The third-order valence-corrected chi connectivity index (χ3v) is 4.92. The Hall–Kier alpha value is -2.35. The monoisotopic (exact) mass is 344 g/mol. The molecule has 0 radical (unpaired) electrons. The Bertz CT molecular complexity index is 789. The van der Waals surface area contributed by atoms with E-state index in [1.807, 2.05) is 21.5 Å². The summed E-state index contributed by atoms with van der Waals surface area (Å²) in [6.45, 7) is 2.56. The van der Waals surface area contributed by atoms with Crippen molar-refractivity contribution in [2.24, 2.45) is 5.92 Å². The number of rotatable bonds is 4. The number of piperidine rings is 1. The molecule has 3 aromatic rings. The van der Waals surface area contributed by atoms with Crippen molar-refractivity contribution in [3.63, 3.8) is 0 Å². The Kier molecular flexibility index (Phi) is 4.20. The first kappa shape index (κ1) is 15.2. The van der Waals surface area contributed by atoms with E-state index < -0.39 is 0 Å². The third-order valence-electron chi connectivity index (χ3n) is 4.24. The van der Waals surface area contributed by atoms with Crippen LogP contribution in [0.1, 0.15) is 12.8 Å². The highest BCUT2D eigenvalue weighted by molar-refractivity contribution is 7.08. The predicted octanol–water partition coefficient (Wildman–Crippen LogP) is 2.85. The third kappa shape index (κ3) is 3.14. The fraction of sp³-hybridized carbons (Fsp3) is 0.375. The first-order valence-corrected chi connectivity index (χ1v) is 8.86. The van der Waals surface area contributed by atoms with E-state index in [9.17, 15) is 4.39 Å². The SMILES string of the molecule is Fc1cnc(N2CCCC(Cn3cncn3)C2)nc1-c1ccsc1. The van der Waals surface area contributed by atoms with Crippen molar-refractivity contribution in [1.82, 2.24) is 24.7 Å². The zero-order valence-corrected chi connectivity index (χ0v) is 13.9. The van der Waals surface area contributed by atoms with Crippen molar-refractivity contribution in [3.05, 3.63) is 41.5 Å². The van der Waals surface area contributed by atoms with Crippen molar-refractivity contribution >= 4 is 17.3 Å². The maximum absolute atomic E-state index is 14.1. The van der Waals surface area contributed by atoms with Crippen LogP contribution in [0.25, 0.3) is 11.3 Å². The lowest BCUT2D eigenvalue weighted by Gasteiger charge is -2.32. The van der Waals surface area contributed by atoms with Crippen LogP contribution in [-0.2, 0) is 6.54 Å². The highest BCUT2D eigenvalue weighted by Crippen LogP contribution is 2.26. The van der Waals surface area contributed by atoms with E-state index in [4.69, 9.17) is 0 Å². The van der Waals surface area contributed by atoms with Crippen molar-refractivity contribution < 1.29 is 4.39 Å². The summed E-state index contributed by atoms with van der Waals surface area (Å²) in [6, 6.07) is 1.88. The van der Waals surface area contributed by atoms with Gasteiger partial charge in [0, 0.05) is 30.6 Å². The van der Waals surface area contributed by atoms with Crippen LogP contribution in [-0.4, -0.2) is 37.8 Å². The Morgan fingerprint density at radius 2 is 2.33 bits per heavy atom. The average molecular weight is 344 g/mol. The predicted molar refractivity (Wildman–Crippen MR) is 90.3 cm³/mol. The first-order chi connectivity index (χ1) is 11.8. The lowest BCUT2D eigenvalue weighted by atomic mass is 9.98.